The van der Waals surface area contributed by atoms with Gasteiger partial charge in [0.15, 0.2) is 0 Å². The van der Waals surface area contributed by atoms with Gasteiger partial charge in [-0.05, 0) is 62.3 Å². The number of nitrogens with zero attached hydrogens (tertiary/aromatic N) is 1. The molecular weight excluding hydrogens is 236 g/mol. The number of hydrogen-bond donors (Lipinski definition) is 1. The van der Waals surface area contributed by atoms with E-state index in [2.05, 4.69) is 17.5 Å². The Hall–Kier alpha value is -1.64. The van der Waals surface area contributed by atoms with Gasteiger partial charge in [0, 0.05) is 11.3 Å². The van der Waals surface area contributed by atoms with Crippen LogP contribution in [0.1, 0.15) is 54.1 Å². The van der Waals surface area contributed by atoms with Gasteiger partial charge in [-0.2, -0.15) is 5.10 Å². The van der Waals surface area contributed by atoms with Crippen molar-refractivity contribution in [2.45, 2.75) is 46.5 Å². The van der Waals surface area contributed by atoms with Gasteiger partial charge in [0.25, 0.3) is 5.91 Å². The lowest BCUT2D eigenvalue weighted by atomic mass is 9.89. The first-order valence-corrected chi connectivity index (χ1v) is 7.02. The van der Waals surface area contributed by atoms with Crippen LogP contribution in [-0.4, -0.2) is 11.6 Å². The maximum Gasteiger partial charge on any atom is 0.271 e. The molecule has 102 valence electrons. The number of hydrogen-bond acceptors (Lipinski definition) is 2. The molecule has 1 saturated carbocycles. The third kappa shape index (κ3) is 3.43. The molecule has 1 aromatic carbocycles. The number of aryl methyl sites for hydroxylation is 2. The van der Waals surface area contributed by atoms with E-state index in [0.717, 1.165) is 17.7 Å². The van der Waals surface area contributed by atoms with Crippen LogP contribution in [0.25, 0.3) is 0 Å². The van der Waals surface area contributed by atoms with Gasteiger partial charge in [-0.15, -0.1) is 0 Å². The van der Waals surface area contributed by atoms with Crippen LogP contribution in [0.15, 0.2) is 23.3 Å². The summed E-state index contributed by atoms with van der Waals surface area (Å²) in [7, 11) is 0. The predicted octanol–water partition coefficient (Wildman–Crippen LogP) is 3.60. The minimum absolute atomic E-state index is 0.117. The van der Waals surface area contributed by atoms with Crippen LogP contribution in [0.3, 0.4) is 0 Å². The van der Waals surface area contributed by atoms with Gasteiger partial charge in [0.2, 0.25) is 0 Å². The highest BCUT2D eigenvalue weighted by Gasteiger charge is 2.16. The van der Waals surface area contributed by atoms with E-state index in [0.29, 0.717) is 11.5 Å². The lowest BCUT2D eigenvalue weighted by Crippen LogP contribution is -2.24. The highest BCUT2D eigenvalue weighted by molar-refractivity contribution is 5.96. The molecule has 2 rings (SSSR count). The highest BCUT2D eigenvalue weighted by atomic mass is 16.2. The summed E-state index contributed by atoms with van der Waals surface area (Å²) < 4.78 is 0. The fourth-order valence-electron chi connectivity index (χ4n) is 2.41. The molecule has 1 atom stereocenters. The lowest BCUT2D eigenvalue weighted by molar-refractivity contribution is 0.0954. The zero-order chi connectivity index (χ0) is 13.8. The monoisotopic (exact) mass is 258 g/mol. The molecule has 1 aromatic rings. The van der Waals surface area contributed by atoms with Crippen molar-refractivity contribution in [3.63, 3.8) is 0 Å². The van der Waals surface area contributed by atoms with Crippen molar-refractivity contribution in [3.05, 3.63) is 34.9 Å². The minimum atomic E-state index is -0.117. The third-order valence-corrected chi connectivity index (χ3v) is 3.96. The van der Waals surface area contributed by atoms with Crippen LogP contribution in [0.2, 0.25) is 0 Å². The number of benzene rings is 1. The van der Waals surface area contributed by atoms with Crippen LogP contribution < -0.4 is 5.43 Å². The van der Waals surface area contributed by atoms with E-state index in [4.69, 9.17) is 0 Å². The summed E-state index contributed by atoms with van der Waals surface area (Å²) in [6.45, 7) is 6.24. The molecule has 1 N–H and O–H groups in total. The first kappa shape index (κ1) is 13.8. The number of hydrazone groups is 1. The van der Waals surface area contributed by atoms with Gasteiger partial charge in [-0.1, -0.05) is 19.4 Å². The number of carbonyl (C=O) groups is 1. The van der Waals surface area contributed by atoms with Gasteiger partial charge in [0.05, 0.1) is 0 Å². The molecule has 0 heterocycles. The molecule has 0 spiro atoms. The van der Waals surface area contributed by atoms with Crippen LogP contribution in [0.5, 0.6) is 0 Å². The van der Waals surface area contributed by atoms with E-state index in [1.54, 1.807) is 0 Å². The van der Waals surface area contributed by atoms with Crippen molar-refractivity contribution in [3.8, 4) is 0 Å². The van der Waals surface area contributed by atoms with E-state index < -0.39 is 0 Å². The smallest absolute Gasteiger partial charge is 0.267 e. The van der Waals surface area contributed by atoms with E-state index in [-0.39, 0.29) is 5.91 Å². The summed E-state index contributed by atoms with van der Waals surface area (Å²) in [6.07, 6.45) is 4.64. The second-order valence-corrected chi connectivity index (χ2v) is 5.49. The van der Waals surface area contributed by atoms with Crippen molar-refractivity contribution in [1.29, 1.82) is 0 Å². The normalized spacial score (nSPS) is 21.4. The Labute approximate surface area is 115 Å². The molecule has 1 amide bonds. The quantitative estimate of drug-likeness (QED) is 0.809. The summed E-state index contributed by atoms with van der Waals surface area (Å²) in [5.74, 6) is 0.377. The van der Waals surface area contributed by atoms with Crippen LogP contribution in [0, 0.1) is 19.8 Å². The SMILES string of the molecule is Cc1ccc(C(=O)N/N=C2\CCCCC2C)cc1C. The third-order valence-electron chi connectivity index (χ3n) is 3.96. The Bertz CT molecular complexity index is 505. The Morgan fingerprint density at radius 1 is 1.26 bits per heavy atom. The summed E-state index contributed by atoms with van der Waals surface area (Å²) in [4.78, 5) is 12.0. The van der Waals surface area contributed by atoms with Crippen LogP contribution in [-0.2, 0) is 0 Å². The lowest BCUT2D eigenvalue weighted by Gasteiger charge is -2.19. The average molecular weight is 258 g/mol. The summed E-state index contributed by atoms with van der Waals surface area (Å²) in [5, 5.41) is 4.31. The maximum absolute atomic E-state index is 12.0. The van der Waals surface area contributed by atoms with Crippen molar-refractivity contribution < 1.29 is 4.79 Å². The zero-order valence-electron chi connectivity index (χ0n) is 12.0. The summed E-state index contributed by atoms with van der Waals surface area (Å²) in [5.41, 5.74) is 6.83. The molecule has 0 aliphatic heterocycles. The van der Waals surface area contributed by atoms with Crippen molar-refractivity contribution in [2.24, 2.45) is 11.0 Å². The molecule has 19 heavy (non-hydrogen) atoms. The summed E-state index contributed by atoms with van der Waals surface area (Å²) >= 11 is 0. The van der Waals surface area contributed by atoms with Gasteiger partial charge >= 0.3 is 0 Å². The fraction of sp³-hybridized carbons (Fsp3) is 0.500. The molecular formula is C16H22N2O. The largest absolute Gasteiger partial charge is 0.271 e. The molecule has 1 unspecified atom stereocenters. The first-order valence-electron chi connectivity index (χ1n) is 7.02. The number of nitrogens with one attached hydrogen (secondary N) is 1. The highest BCUT2D eigenvalue weighted by Crippen LogP contribution is 2.20. The standard InChI is InChI=1S/C16H22N2O/c1-11-8-9-14(10-13(11)3)16(19)18-17-15-7-5-4-6-12(15)2/h8-10,12H,4-7H2,1-3H3,(H,18,19)/b17-15+. The topological polar surface area (TPSA) is 41.5 Å². The molecule has 0 saturated heterocycles. The van der Waals surface area contributed by atoms with Crippen LogP contribution >= 0.6 is 0 Å². The maximum atomic E-state index is 12.0. The van der Waals surface area contributed by atoms with Gasteiger partial charge < -0.3 is 0 Å². The van der Waals surface area contributed by atoms with Gasteiger partial charge in [0.1, 0.15) is 0 Å². The number of amides is 1. The minimum Gasteiger partial charge on any atom is -0.267 e. The van der Waals surface area contributed by atoms with E-state index in [1.807, 2.05) is 32.0 Å². The average Bonchev–Trinajstić information content (AvgIpc) is 2.40. The molecule has 0 bridgehead atoms. The fourth-order valence-corrected chi connectivity index (χ4v) is 2.41. The summed E-state index contributed by atoms with van der Waals surface area (Å²) in [6, 6.07) is 5.73. The molecule has 3 heteroatoms. The van der Waals surface area contributed by atoms with E-state index in [1.165, 1.54) is 24.8 Å². The Morgan fingerprint density at radius 3 is 2.74 bits per heavy atom. The molecule has 1 fully saturated rings. The van der Waals surface area contributed by atoms with Crippen molar-refractivity contribution in [1.82, 2.24) is 5.43 Å². The van der Waals surface area contributed by atoms with Gasteiger partial charge in [-0.25, -0.2) is 5.43 Å². The number of rotatable bonds is 2. The molecule has 0 aromatic heterocycles. The second-order valence-electron chi connectivity index (χ2n) is 5.49. The second kappa shape index (κ2) is 6.00. The molecule has 3 nitrogen and oxygen atoms in total. The van der Waals surface area contributed by atoms with Gasteiger partial charge in [-0.3, -0.25) is 4.79 Å². The Kier molecular flexibility index (Phi) is 4.35. The van der Waals surface area contributed by atoms with Crippen molar-refractivity contribution >= 4 is 11.6 Å². The zero-order valence-corrected chi connectivity index (χ0v) is 12.0. The molecule has 1 aliphatic carbocycles. The van der Waals surface area contributed by atoms with Crippen LogP contribution in [0.4, 0.5) is 0 Å². The Balaban J connectivity index is 2.04. The first-order chi connectivity index (χ1) is 9.08. The predicted molar refractivity (Wildman–Crippen MR) is 78.4 cm³/mol. The number of carbonyl (C=O) groups excluding carboxylic acids is 1. The van der Waals surface area contributed by atoms with Crippen molar-refractivity contribution in [2.75, 3.05) is 0 Å². The van der Waals surface area contributed by atoms with E-state index >= 15 is 0 Å². The van der Waals surface area contributed by atoms with E-state index in [9.17, 15) is 4.79 Å². The molecule has 0 radical (unpaired) electrons. The molecule has 1 aliphatic rings. The Morgan fingerprint density at radius 2 is 2.05 bits per heavy atom.